The van der Waals surface area contributed by atoms with Crippen LogP contribution in [0.25, 0.3) is 0 Å². The number of rotatable bonds is 4. The molecule has 0 spiro atoms. The molecule has 1 saturated carbocycles. The lowest BCUT2D eigenvalue weighted by Gasteiger charge is -2.42. The summed E-state index contributed by atoms with van der Waals surface area (Å²) in [7, 11) is 0. The molecule has 0 aromatic rings. The molecule has 0 bridgehead atoms. The maximum absolute atomic E-state index is 12.8. The SMILES string of the molecule is CC[C@H](C)[C@H](NC(N)=O)C(=O)N1CC[C@H]2CCCC[C@@H]2C1. The summed E-state index contributed by atoms with van der Waals surface area (Å²) >= 11 is 0. The first kappa shape index (κ1) is 16.1. The lowest BCUT2D eigenvalue weighted by Crippen LogP contribution is -2.56. The van der Waals surface area contributed by atoms with E-state index in [0.29, 0.717) is 5.92 Å². The molecule has 120 valence electrons. The van der Waals surface area contributed by atoms with E-state index >= 15 is 0 Å². The van der Waals surface area contributed by atoms with Crippen molar-refractivity contribution in [1.82, 2.24) is 10.2 Å². The number of urea groups is 1. The van der Waals surface area contributed by atoms with E-state index in [4.69, 9.17) is 5.73 Å². The van der Waals surface area contributed by atoms with Gasteiger partial charge in [0.25, 0.3) is 0 Å². The molecule has 1 aliphatic carbocycles. The number of hydrogen-bond acceptors (Lipinski definition) is 2. The van der Waals surface area contributed by atoms with Crippen molar-refractivity contribution in [2.75, 3.05) is 13.1 Å². The fourth-order valence-corrected chi connectivity index (χ4v) is 3.83. The average molecular weight is 295 g/mol. The molecule has 4 atom stereocenters. The number of likely N-dealkylation sites (tertiary alicyclic amines) is 1. The van der Waals surface area contributed by atoms with Crippen molar-refractivity contribution in [2.45, 2.75) is 58.4 Å². The fraction of sp³-hybridized carbons (Fsp3) is 0.875. The van der Waals surface area contributed by atoms with Crippen molar-refractivity contribution in [2.24, 2.45) is 23.5 Å². The molecule has 1 aliphatic heterocycles. The van der Waals surface area contributed by atoms with Gasteiger partial charge in [-0.1, -0.05) is 39.5 Å². The predicted octanol–water partition coefficient (Wildman–Crippen LogP) is 2.11. The Labute approximate surface area is 127 Å². The monoisotopic (exact) mass is 295 g/mol. The Bertz CT molecular complexity index is 386. The summed E-state index contributed by atoms with van der Waals surface area (Å²) in [5, 5.41) is 2.65. The molecule has 0 aromatic carbocycles. The van der Waals surface area contributed by atoms with Crippen molar-refractivity contribution in [3.8, 4) is 0 Å². The van der Waals surface area contributed by atoms with E-state index in [9.17, 15) is 9.59 Å². The summed E-state index contributed by atoms with van der Waals surface area (Å²) in [6, 6.07) is -1.09. The zero-order valence-electron chi connectivity index (χ0n) is 13.3. The van der Waals surface area contributed by atoms with Crippen LogP contribution < -0.4 is 11.1 Å². The van der Waals surface area contributed by atoms with E-state index in [2.05, 4.69) is 5.32 Å². The normalized spacial score (nSPS) is 28.4. The molecular weight excluding hydrogens is 266 g/mol. The summed E-state index contributed by atoms with van der Waals surface area (Å²) in [4.78, 5) is 25.9. The van der Waals surface area contributed by atoms with E-state index in [-0.39, 0.29) is 11.8 Å². The lowest BCUT2D eigenvalue weighted by molar-refractivity contribution is -0.137. The second-order valence-corrected chi connectivity index (χ2v) is 6.75. The van der Waals surface area contributed by atoms with Crippen LogP contribution in [0.2, 0.25) is 0 Å². The Balaban J connectivity index is 2.01. The molecule has 1 saturated heterocycles. The fourth-order valence-electron chi connectivity index (χ4n) is 3.83. The van der Waals surface area contributed by atoms with Crippen LogP contribution in [0.5, 0.6) is 0 Å². The van der Waals surface area contributed by atoms with E-state index in [1.807, 2.05) is 18.7 Å². The highest BCUT2D eigenvalue weighted by atomic mass is 16.2. The Morgan fingerprint density at radius 2 is 1.90 bits per heavy atom. The van der Waals surface area contributed by atoms with Crippen LogP contribution in [0, 0.1) is 17.8 Å². The topological polar surface area (TPSA) is 75.4 Å². The second kappa shape index (κ2) is 7.14. The van der Waals surface area contributed by atoms with Gasteiger partial charge < -0.3 is 16.0 Å². The highest BCUT2D eigenvalue weighted by Crippen LogP contribution is 2.36. The zero-order chi connectivity index (χ0) is 15.4. The molecule has 3 N–H and O–H groups in total. The highest BCUT2D eigenvalue weighted by Gasteiger charge is 2.36. The smallest absolute Gasteiger partial charge is 0.312 e. The van der Waals surface area contributed by atoms with Crippen LogP contribution in [-0.2, 0) is 4.79 Å². The molecule has 2 aliphatic rings. The number of nitrogens with two attached hydrogens (primary N) is 1. The lowest BCUT2D eigenvalue weighted by atomic mass is 9.75. The number of hydrogen-bond donors (Lipinski definition) is 2. The van der Waals surface area contributed by atoms with Crippen LogP contribution in [0.1, 0.15) is 52.4 Å². The number of carbonyl (C=O) groups is 2. The van der Waals surface area contributed by atoms with Crippen LogP contribution in [0.3, 0.4) is 0 Å². The average Bonchev–Trinajstić information content (AvgIpc) is 2.50. The van der Waals surface area contributed by atoms with Gasteiger partial charge in [-0.15, -0.1) is 0 Å². The van der Waals surface area contributed by atoms with Gasteiger partial charge in [0.2, 0.25) is 5.91 Å². The van der Waals surface area contributed by atoms with Gasteiger partial charge in [-0.2, -0.15) is 0 Å². The zero-order valence-corrected chi connectivity index (χ0v) is 13.3. The molecule has 3 amide bonds. The molecule has 0 aromatic heterocycles. The van der Waals surface area contributed by atoms with Gasteiger partial charge in [0.15, 0.2) is 0 Å². The van der Waals surface area contributed by atoms with Gasteiger partial charge in [0, 0.05) is 13.1 Å². The second-order valence-electron chi connectivity index (χ2n) is 6.75. The van der Waals surface area contributed by atoms with Gasteiger partial charge >= 0.3 is 6.03 Å². The molecular formula is C16H29N3O2. The Morgan fingerprint density at radius 1 is 1.24 bits per heavy atom. The first-order valence-corrected chi connectivity index (χ1v) is 8.37. The third-order valence-electron chi connectivity index (χ3n) is 5.38. The minimum Gasteiger partial charge on any atom is -0.352 e. The van der Waals surface area contributed by atoms with Gasteiger partial charge in [-0.25, -0.2) is 4.79 Å². The summed E-state index contributed by atoms with van der Waals surface area (Å²) in [6.07, 6.45) is 7.15. The summed E-state index contributed by atoms with van der Waals surface area (Å²) in [5.41, 5.74) is 5.24. The molecule has 0 unspecified atom stereocenters. The standard InChI is InChI=1S/C16H29N3O2/c1-3-11(2)14(18-16(17)21)15(20)19-9-8-12-6-4-5-7-13(12)10-19/h11-14H,3-10H2,1-2H3,(H3,17,18,21)/t11-,12+,13+,14-/m0/s1. The minimum absolute atomic E-state index is 0.0483. The first-order chi connectivity index (χ1) is 10.0. The minimum atomic E-state index is -0.610. The molecule has 2 fully saturated rings. The van der Waals surface area contributed by atoms with Crippen molar-refractivity contribution in [3.05, 3.63) is 0 Å². The molecule has 5 nitrogen and oxygen atoms in total. The maximum atomic E-state index is 12.8. The largest absolute Gasteiger partial charge is 0.352 e. The van der Waals surface area contributed by atoms with Gasteiger partial charge in [-0.05, 0) is 30.6 Å². The number of nitrogens with zero attached hydrogens (tertiary/aromatic N) is 1. The predicted molar refractivity (Wildman–Crippen MR) is 82.6 cm³/mol. The van der Waals surface area contributed by atoms with Crippen LogP contribution >= 0.6 is 0 Å². The number of carbonyl (C=O) groups excluding carboxylic acids is 2. The molecule has 1 heterocycles. The third kappa shape index (κ3) is 3.89. The number of fused-ring (bicyclic) bond motifs is 1. The number of nitrogens with one attached hydrogen (secondary N) is 1. The summed E-state index contributed by atoms with van der Waals surface area (Å²) < 4.78 is 0. The van der Waals surface area contributed by atoms with Crippen LogP contribution in [-0.4, -0.2) is 36.0 Å². The van der Waals surface area contributed by atoms with Crippen molar-refractivity contribution in [3.63, 3.8) is 0 Å². The number of primary amides is 1. The van der Waals surface area contributed by atoms with Crippen LogP contribution in [0.15, 0.2) is 0 Å². The van der Waals surface area contributed by atoms with E-state index in [1.54, 1.807) is 0 Å². The molecule has 2 rings (SSSR count). The third-order valence-corrected chi connectivity index (χ3v) is 5.38. The molecule has 0 radical (unpaired) electrons. The summed E-state index contributed by atoms with van der Waals surface area (Å²) in [5.74, 6) is 1.61. The van der Waals surface area contributed by atoms with Crippen molar-refractivity contribution < 1.29 is 9.59 Å². The molecule has 5 heteroatoms. The van der Waals surface area contributed by atoms with Crippen molar-refractivity contribution >= 4 is 11.9 Å². The maximum Gasteiger partial charge on any atom is 0.312 e. The number of piperidine rings is 1. The Morgan fingerprint density at radius 3 is 2.52 bits per heavy atom. The quantitative estimate of drug-likeness (QED) is 0.833. The van der Waals surface area contributed by atoms with E-state index in [0.717, 1.165) is 31.8 Å². The first-order valence-electron chi connectivity index (χ1n) is 8.37. The van der Waals surface area contributed by atoms with E-state index < -0.39 is 12.1 Å². The van der Waals surface area contributed by atoms with Gasteiger partial charge in [0.05, 0.1) is 0 Å². The van der Waals surface area contributed by atoms with E-state index in [1.165, 1.54) is 25.7 Å². The Hall–Kier alpha value is -1.26. The summed E-state index contributed by atoms with van der Waals surface area (Å²) in [6.45, 7) is 5.71. The number of amides is 3. The Kier molecular flexibility index (Phi) is 5.48. The van der Waals surface area contributed by atoms with Crippen LogP contribution in [0.4, 0.5) is 4.79 Å². The highest BCUT2D eigenvalue weighted by molar-refractivity contribution is 5.87. The van der Waals surface area contributed by atoms with Gasteiger partial charge in [-0.3, -0.25) is 4.79 Å². The molecule has 21 heavy (non-hydrogen) atoms. The van der Waals surface area contributed by atoms with Crippen molar-refractivity contribution in [1.29, 1.82) is 0 Å². The van der Waals surface area contributed by atoms with Gasteiger partial charge in [0.1, 0.15) is 6.04 Å².